The lowest BCUT2D eigenvalue weighted by Crippen LogP contribution is -2.63. The van der Waals surface area contributed by atoms with Gasteiger partial charge in [-0.2, -0.15) is 0 Å². The molecular weight excluding hydrogens is 448 g/mol. The minimum Gasteiger partial charge on any atom is -0.458 e. The molecule has 1 aromatic carbocycles. The van der Waals surface area contributed by atoms with Crippen molar-refractivity contribution in [1.82, 2.24) is 9.55 Å². The fourth-order valence-corrected chi connectivity index (χ4v) is 7.64. The van der Waals surface area contributed by atoms with E-state index in [-0.39, 0.29) is 30.8 Å². The predicted molar refractivity (Wildman–Crippen MR) is 124 cm³/mol. The summed E-state index contributed by atoms with van der Waals surface area (Å²) in [6.45, 7) is 4.53. The van der Waals surface area contributed by atoms with Gasteiger partial charge in [0.15, 0.2) is 17.1 Å². The highest BCUT2D eigenvalue weighted by Crippen LogP contribution is 2.74. The molecule has 1 atom stereocenters. The molecule has 6 aliphatic rings. The van der Waals surface area contributed by atoms with Gasteiger partial charge >= 0.3 is 5.97 Å². The summed E-state index contributed by atoms with van der Waals surface area (Å²) >= 11 is 0. The second-order valence-electron chi connectivity index (χ2n) is 11.3. The van der Waals surface area contributed by atoms with Gasteiger partial charge in [-0.05, 0) is 54.2 Å². The van der Waals surface area contributed by atoms with E-state index in [1.807, 2.05) is 12.1 Å². The maximum Gasteiger partial charge on any atom is 0.343 e. The van der Waals surface area contributed by atoms with Crippen LogP contribution in [0.5, 0.6) is 11.5 Å². The number of fused-ring (bicyclic) bond motifs is 6. The molecule has 3 saturated carbocycles. The lowest BCUT2D eigenvalue weighted by molar-refractivity contribution is -0.172. The van der Waals surface area contributed by atoms with Crippen LogP contribution in [0.25, 0.3) is 22.3 Å². The predicted octanol–water partition coefficient (Wildman–Crippen LogP) is 3.25. The zero-order valence-electron chi connectivity index (χ0n) is 19.6. The van der Waals surface area contributed by atoms with Crippen molar-refractivity contribution in [3.63, 3.8) is 0 Å². The van der Waals surface area contributed by atoms with Crippen LogP contribution in [0.4, 0.5) is 0 Å². The van der Waals surface area contributed by atoms with Gasteiger partial charge in [0.2, 0.25) is 6.79 Å². The number of ether oxygens (including phenoxy) is 3. The minimum atomic E-state index is -1.83. The van der Waals surface area contributed by atoms with Crippen LogP contribution in [0.15, 0.2) is 23.0 Å². The van der Waals surface area contributed by atoms with Gasteiger partial charge in [0.25, 0.3) is 5.56 Å². The van der Waals surface area contributed by atoms with Gasteiger partial charge in [-0.25, -0.2) is 9.78 Å². The highest BCUT2D eigenvalue weighted by Gasteiger charge is 2.66. The minimum absolute atomic E-state index is 0.0855. The normalized spacial score (nSPS) is 30.8. The maximum absolute atomic E-state index is 13.6. The number of nitrogens with zero attached hydrogens (tertiary/aromatic N) is 2. The Bertz CT molecular complexity index is 1580. The number of rotatable bonds is 2. The first kappa shape index (κ1) is 19.9. The number of hydrogen-bond donors (Lipinski definition) is 1. The quantitative estimate of drug-likeness (QED) is 0.447. The Balaban J connectivity index is 1.42. The zero-order chi connectivity index (χ0) is 23.9. The highest BCUT2D eigenvalue weighted by molar-refractivity contribution is 5.93. The number of aromatic nitrogens is 2. The third-order valence-electron chi connectivity index (χ3n) is 9.01. The number of pyridine rings is 2. The molecule has 2 bridgehead atoms. The van der Waals surface area contributed by atoms with Gasteiger partial charge in [-0.3, -0.25) is 4.79 Å². The van der Waals surface area contributed by atoms with E-state index in [1.54, 1.807) is 17.6 Å². The van der Waals surface area contributed by atoms with Gasteiger partial charge in [-0.15, -0.1) is 0 Å². The fourth-order valence-electron chi connectivity index (χ4n) is 7.64. The zero-order valence-corrected chi connectivity index (χ0v) is 19.6. The van der Waals surface area contributed by atoms with Crippen LogP contribution in [-0.4, -0.2) is 27.4 Å². The van der Waals surface area contributed by atoms with E-state index >= 15 is 0 Å². The first-order valence-electron chi connectivity index (χ1n) is 12.2. The van der Waals surface area contributed by atoms with Crippen molar-refractivity contribution in [3.05, 3.63) is 50.8 Å². The molecule has 1 N–H and O–H groups in total. The standard InChI is InChI=1S/C27H24N2O6/c1-3-27(32)16-5-18-22-14(7-29(18)23(30)15(16)8-33-24(27)31)21(26-9-25(2,10-26)11-26)13-4-19-20(35-12-34-19)6-17(13)28-22/h4-6,32H,3,7-12H2,1-2H3/t25?,26?,27-/m0/s1. The summed E-state index contributed by atoms with van der Waals surface area (Å²) in [6, 6.07) is 5.75. The van der Waals surface area contributed by atoms with E-state index in [2.05, 4.69) is 6.92 Å². The molecule has 3 fully saturated rings. The van der Waals surface area contributed by atoms with Gasteiger partial charge in [-0.1, -0.05) is 13.8 Å². The van der Waals surface area contributed by atoms with Crippen molar-refractivity contribution >= 4 is 16.9 Å². The van der Waals surface area contributed by atoms with Crippen LogP contribution in [0.2, 0.25) is 0 Å². The average Bonchev–Trinajstić information content (AvgIpc) is 3.41. The second-order valence-corrected chi connectivity index (χ2v) is 11.3. The SMILES string of the molecule is CC[C@@]1(O)C(=O)OCc2c1cc1n(c2=O)Cc2c-1nc1cc3c(cc1c2C12CC(C)(C1)C2)OCO3. The third kappa shape index (κ3) is 2.20. The Labute approximate surface area is 200 Å². The van der Waals surface area contributed by atoms with Crippen LogP contribution < -0.4 is 15.0 Å². The molecule has 8 nitrogen and oxygen atoms in total. The van der Waals surface area contributed by atoms with Crippen LogP contribution in [0, 0.1) is 5.41 Å². The van der Waals surface area contributed by atoms with Gasteiger partial charge in [0.1, 0.15) is 6.61 Å². The van der Waals surface area contributed by atoms with Crippen molar-refractivity contribution < 1.29 is 24.1 Å². The fraction of sp³-hybridized carbons (Fsp3) is 0.444. The number of hydrogen-bond acceptors (Lipinski definition) is 7. The molecule has 3 aromatic rings. The topological polar surface area (TPSA) is 99.9 Å². The Morgan fingerprint density at radius 2 is 1.80 bits per heavy atom. The molecular formula is C27H24N2O6. The molecule has 2 aromatic heterocycles. The monoisotopic (exact) mass is 472 g/mol. The molecule has 8 heteroatoms. The summed E-state index contributed by atoms with van der Waals surface area (Å²) in [5.41, 5.74) is 3.62. The van der Waals surface area contributed by atoms with Crippen LogP contribution in [0.1, 0.15) is 61.8 Å². The Morgan fingerprint density at radius 1 is 1.06 bits per heavy atom. The van der Waals surface area contributed by atoms with E-state index < -0.39 is 11.6 Å². The van der Waals surface area contributed by atoms with E-state index in [0.29, 0.717) is 34.5 Å². The molecule has 0 radical (unpaired) electrons. The first-order chi connectivity index (χ1) is 16.8. The molecule has 178 valence electrons. The average molecular weight is 472 g/mol. The molecule has 5 heterocycles. The number of carbonyl (C=O) groups excluding carboxylic acids is 1. The molecule has 0 saturated heterocycles. The molecule has 9 rings (SSSR count). The van der Waals surface area contributed by atoms with E-state index in [0.717, 1.165) is 47.2 Å². The van der Waals surface area contributed by atoms with Gasteiger partial charge in [0.05, 0.1) is 29.0 Å². The number of esters is 1. The smallest absolute Gasteiger partial charge is 0.343 e. The lowest BCUT2D eigenvalue weighted by Gasteiger charge is -2.70. The summed E-state index contributed by atoms with van der Waals surface area (Å²) in [6.07, 6.45) is 3.50. The summed E-state index contributed by atoms with van der Waals surface area (Å²) in [5, 5.41) is 12.2. The third-order valence-corrected chi connectivity index (χ3v) is 9.01. The van der Waals surface area contributed by atoms with E-state index in [9.17, 15) is 14.7 Å². The van der Waals surface area contributed by atoms with Crippen molar-refractivity contribution in [1.29, 1.82) is 0 Å². The first-order valence-corrected chi connectivity index (χ1v) is 12.2. The van der Waals surface area contributed by atoms with Gasteiger partial charge < -0.3 is 23.9 Å². The molecule has 0 unspecified atom stereocenters. The maximum atomic E-state index is 13.6. The number of benzene rings is 1. The van der Waals surface area contributed by atoms with E-state index in [1.165, 1.54) is 5.56 Å². The molecule has 0 amide bonds. The van der Waals surface area contributed by atoms with Crippen LogP contribution in [0.3, 0.4) is 0 Å². The largest absolute Gasteiger partial charge is 0.458 e. The number of carbonyl (C=O) groups is 1. The highest BCUT2D eigenvalue weighted by atomic mass is 16.7. The number of aliphatic hydroxyl groups is 1. The summed E-state index contributed by atoms with van der Waals surface area (Å²) in [5.74, 6) is 0.687. The summed E-state index contributed by atoms with van der Waals surface area (Å²) in [4.78, 5) is 31.2. The van der Waals surface area contributed by atoms with E-state index in [4.69, 9.17) is 19.2 Å². The van der Waals surface area contributed by atoms with Gasteiger partial charge in [0, 0.05) is 22.6 Å². The molecule has 0 spiro atoms. The second kappa shape index (κ2) is 5.87. The Hall–Kier alpha value is -3.39. The Morgan fingerprint density at radius 3 is 2.51 bits per heavy atom. The van der Waals surface area contributed by atoms with Crippen LogP contribution >= 0.6 is 0 Å². The van der Waals surface area contributed by atoms with Crippen molar-refractivity contribution in [2.75, 3.05) is 6.79 Å². The lowest BCUT2D eigenvalue weighted by atomic mass is 9.34. The van der Waals surface area contributed by atoms with Crippen molar-refractivity contribution in [3.8, 4) is 22.9 Å². The van der Waals surface area contributed by atoms with Crippen molar-refractivity contribution in [2.24, 2.45) is 5.41 Å². The van der Waals surface area contributed by atoms with Crippen molar-refractivity contribution in [2.45, 2.75) is 63.7 Å². The Kier molecular flexibility index (Phi) is 3.33. The molecule has 3 aliphatic carbocycles. The summed E-state index contributed by atoms with van der Waals surface area (Å²) < 4.78 is 18.3. The van der Waals surface area contributed by atoms with Crippen LogP contribution in [-0.2, 0) is 33.7 Å². The molecule has 3 aliphatic heterocycles. The number of cyclic esters (lactones) is 1. The summed E-state index contributed by atoms with van der Waals surface area (Å²) in [7, 11) is 0. The molecule has 35 heavy (non-hydrogen) atoms.